The minimum Gasteiger partial charge on any atom is -0.493 e. The van der Waals surface area contributed by atoms with Crippen LogP contribution in [0.3, 0.4) is 0 Å². The van der Waals surface area contributed by atoms with E-state index in [0.29, 0.717) is 24.5 Å². The molecule has 1 saturated heterocycles. The van der Waals surface area contributed by atoms with E-state index in [1.165, 1.54) is 0 Å². The van der Waals surface area contributed by atoms with Crippen LogP contribution in [0.15, 0.2) is 34.5 Å². The van der Waals surface area contributed by atoms with Crippen LogP contribution < -0.4 is 9.47 Å². The molecular weight excluding hydrogens is 392 g/mol. The number of methoxy groups -OCH3 is 1. The van der Waals surface area contributed by atoms with Crippen LogP contribution in [0.2, 0.25) is 0 Å². The summed E-state index contributed by atoms with van der Waals surface area (Å²) in [6.07, 6.45) is 5.34. The highest BCUT2D eigenvalue weighted by molar-refractivity contribution is 6.10. The number of allylic oxidation sites excluding steroid dienone is 2. The summed E-state index contributed by atoms with van der Waals surface area (Å²) < 4.78 is 11.3. The molecule has 1 fully saturated rings. The number of ketones is 1. The highest BCUT2D eigenvalue weighted by Gasteiger charge is 2.44. The maximum atomic E-state index is 13.7. The third-order valence-corrected chi connectivity index (χ3v) is 6.61. The molecule has 0 bridgehead atoms. The normalized spacial score (nSPS) is 23.9. The van der Waals surface area contributed by atoms with Crippen LogP contribution in [0, 0.1) is 5.92 Å². The van der Waals surface area contributed by atoms with Crippen molar-refractivity contribution in [3.8, 4) is 11.5 Å². The molecule has 2 aliphatic heterocycles. The number of amides is 1. The van der Waals surface area contributed by atoms with E-state index in [2.05, 4.69) is 0 Å². The Morgan fingerprint density at radius 3 is 2.61 bits per heavy atom. The fourth-order valence-electron chi connectivity index (χ4n) is 5.15. The molecule has 3 aliphatic rings. The molecule has 0 spiro atoms. The van der Waals surface area contributed by atoms with Crippen molar-refractivity contribution in [2.24, 2.45) is 10.9 Å². The number of likely N-dealkylation sites (tertiary alicyclic amines) is 1. The number of nitrogens with zero attached hydrogens (tertiary/aromatic N) is 2. The van der Waals surface area contributed by atoms with Crippen LogP contribution in [-0.4, -0.2) is 49.1 Å². The number of Topliss-reactive ketones (excluding diaryl/α,β-unsaturated/α-hetero) is 1. The molecule has 2 atom stereocenters. The molecule has 0 aromatic heterocycles. The first kappa shape index (κ1) is 21.6. The number of rotatable bonds is 5. The maximum absolute atomic E-state index is 13.7. The second-order valence-electron chi connectivity index (χ2n) is 8.57. The van der Waals surface area contributed by atoms with Gasteiger partial charge in [-0.3, -0.25) is 14.6 Å². The zero-order chi connectivity index (χ0) is 22.0. The topological polar surface area (TPSA) is 68.2 Å². The van der Waals surface area contributed by atoms with E-state index in [1.807, 2.05) is 36.9 Å². The molecular formula is C25H32N2O4. The summed E-state index contributed by atoms with van der Waals surface area (Å²) in [4.78, 5) is 33.5. The van der Waals surface area contributed by atoms with E-state index in [0.717, 1.165) is 67.7 Å². The smallest absolute Gasteiger partial charge is 0.232 e. The maximum Gasteiger partial charge on any atom is 0.232 e. The summed E-state index contributed by atoms with van der Waals surface area (Å²) in [5.74, 6) is 0.698. The Hall–Kier alpha value is -2.63. The average Bonchev–Trinajstić information content (AvgIpc) is 2.79. The van der Waals surface area contributed by atoms with E-state index in [1.54, 1.807) is 7.11 Å². The van der Waals surface area contributed by atoms with Gasteiger partial charge in [0.05, 0.1) is 19.6 Å². The number of aliphatic imine (C=N–C) groups is 1. The number of carbonyl (C=O) groups excluding carboxylic acids is 2. The molecule has 2 heterocycles. The number of carbonyl (C=O) groups is 2. The number of ether oxygens (including phenoxy) is 2. The number of benzene rings is 1. The lowest BCUT2D eigenvalue weighted by Gasteiger charge is -2.38. The molecule has 0 N–H and O–H groups in total. The van der Waals surface area contributed by atoms with E-state index < -0.39 is 5.92 Å². The molecule has 4 rings (SSSR count). The van der Waals surface area contributed by atoms with Gasteiger partial charge in [0.15, 0.2) is 17.3 Å². The molecule has 1 amide bonds. The largest absolute Gasteiger partial charge is 0.493 e. The van der Waals surface area contributed by atoms with Gasteiger partial charge < -0.3 is 14.4 Å². The monoisotopic (exact) mass is 424 g/mol. The molecule has 0 unspecified atom stereocenters. The molecule has 1 aromatic rings. The third kappa shape index (κ3) is 4.12. The Morgan fingerprint density at radius 2 is 1.90 bits per heavy atom. The summed E-state index contributed by atoms with van der Waals surface area (Å²) in [6, 6.07) is 5.78. The van der Waals surface area contributed by atoms with Gasteiger partial charge in [0.1, 0.15) is 0 Å². The van der Waals surface area contributed by atoms with Crippen molar-refractivity contribution in [2.75, 3.05) is 26.8 Å². The first-order chi connectivity index (χ1) is 15.0. The number of hydrogen-bond acceptors (Lipinski definition) is 5. The van der Waals surface area contributed by atoms with E-state index in [-0.39, 0.29) is 17.6 Å². The van der Waals surface area contributed by atoms with Gasteiger partial charge in [-0.05, 0) is 63.6 Å². The van der Waals surface area contributed by atoms with Gasteiger partial charge in [-0.25, -0.2) is 0 Å². The highest BCUT2D eigenvalue weighted by atomic mass is 16.5. The molecule has 31 heavy (non-hydrogen) atoms. The third-order valence-electron chi connectivity index (χ3n) is 6.61. The van der Waals surface area contributed by atoms with Gasteiger partial charge in [0.2, 0.25) is 5.91 Å². The van der Waals surface area contributed by atoms with E-state index >= 15 is 0 Å². The average molecular weight is 425 g/mol. The minimum absolute atomic E-state index is 0.0868. The molecule has 0 saturated carbocycles. The lowest BCUT2D eigenvalue weighted by Crippen LogP contribution is -2.46. The van der Waals surface area contributed by atoms with Crippen molar-refractivity contribution in [3.63, 3.8) is 0 Å². The Bertz CT molecular complexity index is 927. The minimum atomic E-state index is -0.457. The first-order valence-electron chi connectivity index (χ1n) is 11.5. The van der Waals surface area contributed by atoms with Gasteiger partial charge in [-0.1, -0.05) is 6.07 Å². The van der Waals surface area contributed by atoms with Crippen LogP contribution >= 0.6 is 0 Å². The first-order valence-corrected chi connectivity index (χ1v) is 11.5. The van der Waals surface area contributed by atoms with E-state index in [9.17, 15) is 9.59 Å². The highest BCUT2D eigenvalue weighted by Crippen LogP contribution is 2.45. The van der Waals surface area contributed by atoms with Gasteiger partial charge in [0, 0.05) is 42.4 Å². The summed E-state index contributed by atoms with van der Waals surface area (Å²) in [5, 5.41) is 0. The van der Waals surface area contributed by atoms with Crippen LogP contribution in [0.25, 0.3) is 0 Å². The fraction of sp³-hybridized carbons (Fsp3) is 0.560. The number of piperidine rings is 1. The molecule has 1 aromatic carbocycles. The van der Waals surface area contributed by atoms with Crippen molar-refractivity contribution < 1.29 is 19.1 Å². The predicted octanol–water partition coefficient (Wildman–Crippen LogP) is 4.29. The second-order valence-corrected chi connectivity index (χ2v) is 8.57. The standard InChI is InChI=1S/C25H32N2O4/c1-4-31-20-12-11-17(15-21(20)30-3)23-22(25(29)27-13-6-5-7-14-27)16(2)26-18-9-8-10-19(28)24(18)23/h11-12,15,22-23H,4-10,13-14H2,1-3H3/t22-,23-/m1/s1. The number of hydrogen-bond donors (Lipinski definition) is 0. The lowest BCUT2D eigenvalue weighted by molar-refractivity contribution is -0.134. The molecule has 6 nitrogen and oxygen atoms in total. The van der Waals surface area contributed by atoms with Crippen LogP contribution in [0.5, 0.6) is 11.5 Å². The van der Waals surface area contributed by atoms with Gasteiger partial charge in [0.25, 0.3) is 0 Å². The van der Waals surface area contributed by atoms with Crippen LogP contribution in [0.4, 0.5) is 0 Å². The van der Waals surface area contributed by atoms with Crippen molar-refractivity contribution in [3.05, 3.63) is 35.0 Å². The summed E-state index contributed by atoms with van der Waals surface area (Å²) in [5.41, 5.74) is 3.29. The molecule has 0 radical (unpaired) electrons. The quantitative estimate of drug-likeness (QED) is 0.707. The van der Waals surface area contributed by atoms with Crippen LogP contribution in [-0.2, 0) is 9.59 Å². The lowest BCUT2D eigenvalue weighted by atomic mass is 9.71. The van der Waals surface area contributed by atoms with Crippen molar-refractivity contribution in [1.29, 1.82) is 0 Å². The van der Waals surface area contributed by atoms with E-state index in [4.69, 9.17) is 14.5 Å². The Kier molecular flexibility index (Phi) is 6.44. The van der Waals surface area contributed by atoms with Crippen molar-refractivity contribution in [2.45, 2.75) is 58.3 Å². The van der Waals surface area contributed by atoms with Crippen molar-refractivity contribution >= 4 is 17.4 Å². The SMILES string of the molecule is CCOc1ccc([C@H]2C3=C(CCCC3=O)N=C(C)[C@H]2C(=O)N2CCCCC2)cc1OC. The Labute approximate surface area is 184 Å². The van der Waals surface area contributed by atoms with Crippen LogP contribution in [0.1, 0.15) is 63.9 Å². The summed E-state index contributed by atoms with van der Waals surface area (Å²) in [7, 11) is 1.61. The Morgan fingerprint density at radius 1 is 1.13 bits per heavy atom. The summed E-state index contributed by atoms with van der Waals surface area (Å²) >= 11 is 0. The predicted molar refractivity (Wildman–Crippen MR) is 120 cm³/mol. The van der Waals surface area contributed by atoms with Crippen molar-refractivity contribution in [1.82, 2.24) is 4.90 Å². The Balaban J connectivity index is 1.81. The zero-order valence-electron chi connectivity index (χ0n) is 18.8. The molecule has 166 valence electrons. The van der Waals surface area contributed by atoms with Gasteiger partial charge >= 0.3 is 0 Å². The molecule has 6 heteroatoms. The van der Waals surface area contributed by atoms with Gasteiger partial charge in [-0.15, -0.1) is 0 Å². The fourth-order valence-corrected chi connectivity index (χ4v) is 5.15. The summed E-state index contributed by atoms with van der Waals surface area (Å²) in [6.45, 7) is 5.96. The second kappa shape index (κ2) is 9.25. The van der Waals surface area contributed by atoms with Gasteiger partial charge in [-0.2, -0.15) is 0 Å². The zero-order valence-corrected chi connectivity index (χ0v) is 18.8. The molecule has 1 aliphatic carbocycles.